The van der Waals surface area contributed by atoms with Gasteiger partial charge in [0.1, 0.15) is 0 Å². The third-order valence-corrected chi connectivity index (χ3v) is 4.68. The number of nitrogens with one attached hydrogen (secondary N) is 1. The summed E-state index contributed by atoms with van der Waals surface area (Å²) in [5, 5.41) is 11.3. The molecule has 2 N–H and O–H groups in total. The number of amides is 1. The standard InChI is InChI=1S/C23H15F6NO3/c24-22(25,26)16-10-17(23(27,28)29)12-18(11-16)30-20(31)19-9-15(21(32)33)7-6-14(19)8-13-4-2-1-3-5-13/h1-7,9-12H,8H2,(H,30,31)(H,32,33). The molecular weight excluding hydrogens is 452 g/mol. The molecule has 4 nitrogen and oxygen atoms in total. The van der Waals surface area contributed by atoms with Crippen LogP contribution in [0.25, 0.3) is 0 Å². The summed E-state index contributed by atoms with van der Waals surface area (Å²) in [6.07, 6.45) is -9.98. The van der Waals surface area contributed by atoms with Gasteiger partial charge in [0.2, 0.25) is 0 Å². The van der Waals surface area contributed by atoms with Gasteiger partial charge in [0.05, 0.1) is 16.7 Å². The Balaban J connectivity index is 2.03. The number of hydrogen-bond acceptors (Lipinski definition) is 2. The van der Waals surface area contributed by atoms with Gasteiger partial charge in [-0.05, 0) is 47.9 Å². The third-order valence-electron chi connectivity index (χ3n) is 4.68. The minimum Gasteiger partial charge on any atom is -0.478 e. The molecular formula is C23H15F6NO3. The molecule has 0 unspecified atom stereocenters. The lowest BCUT2D eigenvalue weighted by molar-refractivity contribution is -0.143. The molecule has 0 heterocycles. The van der Waals surface area contributed by atoms with Crippen LogP contribution in [0.1, 0.15) is 43.0 Å². The number of rotatable bonds is 5. The van der Waals surface area contributed by atoms with E-state index in [2.05, 4.69) is 0 Å². The van der Waals surface area contributed by atoms with Crippen LogP contribution < -0.4 is 5.32 Å². The molecule has 1 amide bonds. The highest BCUT2D eigenvalue weighted by Gasteiger charge is 2.37. The molecule has 0 aliphatic heterocycles. The number of anilines is 1. The van der Waals surface area contributed by atoms with Gasteiger partial charge in [-0.2, -0.15) is 26.3 Å². The predicted octanol–water partition coefficient (Wildman–Crippen LogP) is 6.27. The molecule has 0 aliphatic carbocycles. The molecule has 3 aromatic carbocycles. The maximum absolute atomic E-state index is 13.1. The fourth-order valence-electron chi connectivity index (χ4n) is 3.12. The molecule has 0 bridgehead atoms. The zero-order valence-electron chi connectivity index (χ0n) is 16.6. The van der Waals surface area contributed by atoms with Gasteiger partial charge in [0.25, 0.3) is 5.91 Å². The second-order valence-electron chi connectivity index (χ2n) is 7.09. The molecule has 3 rings (SSSR count). The molecule has 0 aromatic heterocycles. The number of hydrogen-bond donors (Lipinski definition) is 2. The Morgan fingerprint density at radius 2 is 1.36 bits per heavy atom. The summed E-state index contributed by atoms with van der Waals surface area (Å²) in [5.41, 5.74) is -3.26. The smallest absolute Gasteiger partial charge is 0.416 e. The molecule has 0 fully saturated rings. The van der Waals surface area contributed by atoms with Gasteiger partial charge in [0, 0.05) is 11.3 Å². The number of halogens is 6. The van der Waals surface area contributed by atoms with E-state index in [0.29, 0.717) is 17.7 Å². The molecule has 10 heteroatoms. The van der Waals surface area contributed by atoms with Crippen LogP contribution in [0.15, 0.2) is 66.7 Å². The van der Waals surface area contributed by atoms with Crippen molar-refractivity contribution < 1.29 is 41.0 Å². The number of alkyl halides is 6. The summed E-state index contributed by atoms with van der Waals surface area (Å²) < 4.78 is 78.6. The van der Waals surface area contributed by atoms with E-state index in [4.69, 9.17) is 0 Å². The fraction of sp³-hybridized carbons (Fsp3) is 0.130. The molecule has 0 saturated heterocycles. The normalized spacial score (nSPS) is 11.8. The molecule has 0 spiro atoms. The Morgan fingerprint density at radius 1 is 0.788 bits per heavy atom. The van der Waals surface area contributed by atoms with Crippen molar-refractivity contribution in [1.29, 1.82) is 0 Å². The van der Waals surface area contributed by atoms with E-state index in [-0.39, 0.29) is 23.6 Å². The van der Waals surface area contributed by atoms with Gasteiger partial charge >= 0.3 is 18.3 Å². The average Bonchev–Trinajstić information content (AvgIpc) is 2.73. The first-order chi connectivity index (χ1) is 15.3. The molecule has 33 heavy (non-hydrogen) atoms. The van der Waals surface area contributed by atoms with E-state index in [0.717, 1.165) is 11.6 Å². The highest BCUT2D eigenvalue weighted by molar-refractivity contribution is 6.06. The summed E-state index contributed by atoms with van der Waals surface area (Å²) in [6, 6.07) is 13.1. The van der Waals surface area contributed by atoms with E-state index in [1.54, 1.807) is 30.3 Å². The number of aromatic carboxylic acids is 1. The number of benzene rings is 3. The first kappa shape index (κ1) is 23.8. The molecule has 0 saturated carbocycles. The molecule has 3 aromatic rings. The Bertz CT molecular complexity index is 1150. The van der Waals surface area contributed by atoms with Gasteiger partial charge in [-0.25, -0.2) is 4.79 Å². The lowest BCUT2D eigenvalue weighted by Gasteiger charge is -2.16. The van der Waals surface area contributed by atoms with Crippen molar-refractivity contribution in [2.45, 2.75) is 18.8 Å². The Hall–Kier alpha value is -3.82. The van der Waals surface area contributed by atoms with Crippen LogP contribution in [-0.2, 0) is 18.8 Å². The number of carbonyl (C=O) groups excluding carboxylic acids is 1. The summed E-state index contributed by atoms with van der Waals surface area (Å²) in [6.45, 7) is 0. The topological polar surface area (TPSA) is 66.4 Å². The average molecular weight is 467 g/mol. The van der Waals surface area contributed by atoms with Crippen molar-refractivity contribution in [2.24, 2.45) is 0 Å². The first-order valence-electron chi connectivity index (χ1n) is 9.35. The van der Waals surface area contributed by atoms with Gasteiger partial charge in [-0.3, -0.25) is 4.79 Å². The zero-order valence-corrected chi connectivity index (χ0v) is 16.6. The van der Waals surface area contributed by atoms with E-state index in [1.165, 1.54) is 12.1 Å². The molecule has 0 radical (unpaired) electrons. The zero-order chi connectivity index (χ0) is 24.4. The van der Waals surface area contributed by atoms with Crippen LogP contribution in [0.2, 0.25) is 0 Å². The van der Waals surface area contributed by atoms with Crippen molar-refractivity contribution in [2.75, 3.05) is 5.32 Å². The Labute approximate surface area is 183 Å². The lowest BCUT2D eigenvalue weighted by atomic mass is 9.97. The maximum atomic E-state index is 13.1. The van der Waals surface area contributed by atoms with Gasteiger partial charge in [0.15, 0.2) is 0 Å². The van der Waals surface area contributed by atoms with Crippen LogP contribution in [0.5, 0.6) is 0 Å². The van der Waals surface area contributed by atoms with Crippen LogP contribution >= 0.6 is 0 Å². The van der Waals surface area contributed by atoms with Crippen molar-refractivity contribution in [1.82, 2.24) is 0 Å². The minimum absolute atomic E-state index is 0.0540. The first-order valence-corrected chi connectivity index (χ1v) is 9.35. The highest BCUT2D eigenvalue weighted by Crippen LogP contribution is 2.37. The summed E-state index contributed by atoms with van der Waals surface area (Å²) in [7, 11) is 0. The van der Waals surface area contributed by atoms with Crippen molar-refractivity contribution in [3.63, 3.8) is 0 Å². The van der Waals surface area contributed by atoms with Crippen molar-refractivity contribution in [3.8, 4) is 0 Å². The van der Waals surface area contributed by atoms with Gasteiger partial charge < -0.3 is 10.4 Å². The molecule has 0 atom stereocenters. The summed E-state index contributed by atoms with van der Waals surface area (Å²) >= 11 is 0. The lowest BCUT2D eigenvalue weighted by Crippen LogP contribution is -2.18. The quantitative estimate of drug-likeness (QED) is 0.435. The van der Waals surface area contributed by atoms with Crippen molar-refractivity contribution in [3.05, 3.63) is 100 Å². The monoisotopic (exact) mass is 467 g/mol. The molecule has 172 valence electrons. The van der Waals surface area contributed by atoms with E-state index in [9.17, 15) is 41.0 Å². The SMILES string of the molecule is O=C(O)c1ccc(Cc2ccccc2)c(C(=O)Nc2cc(C(F)(F)F)cc(C(F)(F)F)c2)c1. The second-order valence-corrected chi connectivity index (χ2v) is 7.09. The predicted molar refractivity (Wildman–Crippen MR) is 107 cm³/mol. The van der Waals surface area contributed by atoms with Crippen LogP contribution in [0.4, 0.5) is 32.0 Å². The van der Waals surface area contributed by atoms with Crippen LogP contribution in [-0.4, -0.2) is 17.0 Å². The minimum atomic E-state index is -5.08. The fourth-order valence-corrected chi connectivity index (χ4v) is 3.12. The van der Waals surface area contributed by atoms with E-state index < -0.39 is 41.0 Å². The largest absolute Gasteiger partial charge is 0.478 e. The number of carboxylic acid groups (broad SMARTS) is 1. The Morgan fingerprint density at radius 3 is 1.88 bits per heavy atom. The van der Waals surface area contributed by atoms with Gasteiger partial charge in [-0.15, -0.1) is 0 Å². The highest BCUT2D eigenvalue weighted by atomic mass is 19.4. The number of carbonyl (C=O) groups is 2. The van der Waals surface area contributed by atoms with Crippen LogP contribution in [0.3, 0.4) is 0 Å². The van der Waals surface area contributed by atoms with E-state index in [1.807, 2.05) is 5.32 Å². The van der Waals surface area contributed by atoms with Crippen LogP contribution in [0, 0.1) is 0 Å². The second kappa shape index (κ2) is 8.97. The van der Waals surface area contributed by atoms with Gasteiger partial charge in [-0.1, -0.05) is 36.4 Å². The Kier molecular flexibility index (Phi) is 6.48. The summed E-state index contributed by atoms with van der Waals surface area (Å²) in [5.74, 6) is -2.40. The number of carboxylic acids is 1. The van der Waals surface area contributed by atoms with Crippen molar-refractivity contribution >= 4 is 17.6 Å². The molecule has 0 aliphatic rings. The van der Waals surface area contributed by atoms with E-state index >= 15 is 0 Å². The third kappa shape index (κ3) is 5.91. The maximum Gasteiger partial charge on any atom is 0.416 e. The summed E-state index contributed by atoms with van der Waals surface area (Å²) in [4.78, 5) is 24.2.